The minimum absolute atomic E-state index is 0.173. The molecule has 0 saturated carbocycles. The normalized spacial score (nSPS) is 27.8. The fraction of sp³-hybridized carbons (Fsp3) is 0.765. The molecule has 1 saturated heterocycles. The van der Waals surface area contributed by atoms with Crippen LogP contribution in [0.4, 0.5) is 0 Å². The van der Waals surface area contributed by atoms with Crippen LogP contribution in [0.25, 0.3) is 0 Å². The predicted octanol–water partition coefficient (Wildman–Crippen LogP) is 4.05. The van der Waals surface area contributed by atoms with Crippen LogP contribution in [0.1, 0.15) is 20.8 Å². The van der Waals surface area contributed by atoms with E-state index in [-0.39, 0.29) is 5.92 Å². The van der Waals surface area contributed by atoms with E-state index >= 15 is 0 Å². The second-order valence-electron chi connectivity index (χ2n) is 6.62. The van der Waals surface area contributed by atoms with Gasteiger partial charge in [-0.25, -0.2) is 0 Å². The van der Waals surface area contributed by atoms with E-state index < -0.39 is 17.4 Å². The van der Waals surface area contributed by atoms with Gasteiger partial charge in [0.25, 0.3) is 0 Å². The van der Waals surface area contributed by atoms with Crippen molar-refractivity contribution in [2.75, 3.05) is 44.8 Å². The average Bonchev–Trinajstić information content (AvgIpc) is 2.64. The molecule has 0 bridgehead atoms. The van der Waals surface area contributed by atoms with Crippen LogP contribution in [0, 0.1) is 11.8 Å². The Kier molecular flexibility index (Phi) is 11.9. The molecular formula is C17H32Cl2O5Si2. The van der Waals surface area contributed by atoms with Crippen LogP contribution in [0.2, 0.25) is 6.55 Å². The molecule has 1 aliphatic rings. The van der Waals surface area contributed by atoms with Crippen molar-refractivity contribution in [1.82, 2.24) is 0 Å². The third-order valence-corrected chi connectivity index (χ3v) is 8.86. The molecule has 1 heterocycles. The third-order valence-electron chi connectivity index (χ3n) is 3.71. The first kappa shape index (κ1) is 24.3. The van der Waals surface area contributed by atoms with Crippen molar-refractivity contribution < 1.29 is 22.1 Å². The monoisotopic (exact) mass is 442 g/mol. The van der Waals surface area contributed by atoms with E-state index in [9.17, 15) is 0 Å². The summed E-state index contributed by atoms with van der Waals surface area (Å²) < 4.78 is 29.9. The molecule has 9 heteroatoms. The molecule has 26 heavy (non-hydrogen) atoms. The van der Waals surface area contributed by atoms with E-state index in [1.807, 2.05) is 37.0 Å². The Bertz CT molecular complexity index is 445. The summed E-state index contributed by atoms with van der Waals surface area (Å²) in [6.45, 7) is 11.1. The molecule has 0 aromatic carbocycles. The Labute approximate surface area is 170 Å². The molecule has 1 rings (SSSR count). The Hall–Kier alpha value is 0.294. The highest BCUT2D eigenvalue weighted by atomic mass is 35.5. The first-order valence-electron chi connectivity index (χ1n) is 9.05. The predicted molar refractivity (Wildman–Crippen MR) is 111 cm³/mol. The van der Waals surface area contributed by atoms with Crippen LogP contribution >= 0.6 is 23.2 Å². The maximum Gasteiger partial charge on any atom is 0.529 e. The van der Waals surface area contributed by atoms with Gasteiger partial charge in [-0.1, -0.05) is 26.0 Å². The Morgan fingerprint density at radius 2 is 1.81 bits per heavy atom. The van der Waals surface area contributed by atoms with Crippen LogP contribution in [0.3, 0.4) is 0 Å². The molecule has 0 spiro atoms. The van der Waals surface area contributed by atoms with Crippen LogP contribution in [0.5, 0.6) is 0 Å². The van der Waals surface area contributed by atoms with Gasteiger partial charge in [-0.15, -0.1) is 23.2 Å². The van der Waals surface area contributed by atoms with E-state index in [4.69, 9.17) is 45.3 Å². The molecule has 2 atom stereocenters. The number of alkyl halides is 2. The highest BCUT2D eigenvalue weighted by molar-refractivity contribution is 6.71. The topological polar surface area (TPSA) is 46.2 Å². The zero-order valence-corrected chi connectivity index (χ0v) is 19.7. The summed E-state index contributed by atoms with van der Waals surface area (Å²) in [6, 6.07) is 0. The molecule has 0 N–H and O–H groups in total. The van der Waals surface area contributed by atoms with Crippen molar-refractivity contribution in [1.29, 1.82) is 0 Å². The number of hydrogen-bond acceptors (Lipinski definition) is 5. The molecule has 2 unspecified atom stereocenters. The van der Waals surface area contributed by atoms with Gasteiger partial charge in [0.2, 0.25) is 0 Å². The molecule has 0 aromatic heterocycles. The minimum atomic E-state index is -2.79. The van der Waals surface area contributed by atoms with Crippen molar-refractivity contribution >= 4 is 40.6 Å². The van der Waals surface area contributed by atoms with Gasteiger partial charge < -0.3 is 22.1 Å². The molecular weight excluding hydrogens is 411 g/mol. The number of allylic oxidation sites excluding steroid dienone is 2. The SMILES string of the molecule is CCO[Si](C)(C=CCCl)OCC(C)CO[Si]1(C=CCCl)OCC(C)CO1. The molecule has 152 valence electrons. The fourth-order valence-corrected chi connectivity index (χ4v) is 7.30. The molecule has 1 fully saturated rings. The lowest BCUT2D eigenvalue weighted by molar-refractivity contribution is -0.00372. The smallest absolute Gasteiger partial charge is 0.392 e. The second kappa shape index (κ2) is 12.7. The van der Waals surface area contributed by atoms with Gasteiger partial charge in [0.15, 0.2) is 0 Å². The quantitative estimate of drug-likeness (QED) is 0.336. The average molecular weight is 444 g/mol. The highest BCUT2D eigenvalue weighted by Crippen LogP contribution is 2.21. The molecule has 0 radical (unpaired) electrons. The third kappa shape index (κ3) is 8.99. The first-order chi connectivity index (χ1) is 12.4. The number of hydrogen-bond donors (Lipinski definition) is 0. The van der Waals surface area contributed by atoms with Gasteiger partial charge in [-0.2, -0.15) is 0 Å². The summed E-state index contributed by atoms with van der Waals surface area (Å²) in [5.41, 5.74) is 3.85. The van der Waals surface area contributed by atoms with E-state index in [0.717, 1.165) is 0 Å². The summed E-state index contributed by atoms with van der Waals surface area (Å²) in [5, 5.41) is 0. The minimum Gasteiger partial charge on any atom is -0.392 e. The molecule has 5 nitrogen and oxygen atoms in total. The number of halogens is 2. The second-order valence-corrected chi connectivity index (χ2v) is 12.6. The largest absolute Gasteiger partial charge is 0.529 e. The Morgan fingerprint density at radius 1 is 1.15 bits per heavy atom. The number of rotatable bonds is 12. The fourth-order valence-electron chi connectivity index (χ4n) is 2.32. The molecule has 0 aromatic rings. The van der Waals surface area contributed by atoms with E-state index in [1.54, 1.807) is 0 Å². The van der Waals surface area contributed by atoms with Crippen molar-refractivity contribution in [3.8, 4) is 0 Å². The van der Waals surface area contributed by atoms with Crippen LogP contribution in [-0.4, -0.2) is 62.2 Å². The van der Waals surface area contributed by atoms with Gasteiger partial charge in [0, 0.05) is 56.6 Å². The molecule has 0 aliphatic carbocycles. The van der Waals surface area contributed by atoms with E-state index in [1.165, 1.54) is 0 Å². The standard InChI is InChI=1S/C17H32Cl2O5Si2/c1-5-20-25(4,10-6-8-18)21-12-16(2)13-22-26(11-7-9-19)23-14-17(3)15-24-26/h6-7,10-11,16-17H,5,8-9,12-15H2,1-4H3. The zero-order valence-electron chi connectivity index (χ0n) is 16.2. The lowest BCUT2D eigenvalue weighted by Gasteiger charge is -2.34. The van der Waals surface area contributed by atoms with Gasteiger partial charge in [-0.05, 0) is 24.9 Å². The van der Waals surface area contributed by atoms with Crippen LogP contribution in [0.15, 0.2) is 23.6 Å². The summed E-state index contributed by atoms with van der Waals surface area (Å²) in [6.07, 6.45) is 3.72. The van der Waals surface area contributed by atoms with E-state index in [2.05, 4.69) is 13.8 Å². The molecule has 0 amide bonds. The maximum atomic E-state index is 6.09. The van der Waals surface area contributed by atoms with Crippen molar-refractivity contribution in [2.24, 2.45) is 11.8 Å². The van der Waals surface area contributed by atoms with Gasteiger partial charge in [0.05, 0.1) is 0 Å². The lowest BCUT2D eigenvalue weighted by Crippen LogP contribution is -2.51. The summed E-state index contributed by atoms with van der Waals surface area (Å²) >= 11 is 11.5. The van der Waals surface area contributed by atoms with Crippen molar-refractivity contribution in [2.45, 2.75) is 27.3 Å². The first-order valence-corrected chi connectivity index (χ1v) is 14.3. The van der Waals surface area contributed by atoms with Gasteiger partial charge in [0.1, 0.15) is 0 Å². The van der Waals surface area contributed by atoms with Crippen LogP contribution in [-0.2, 0) is 22.1 Å². The Morgan fingerprint density at radius 3 is 2.38 bits per heavy atom. The maximum absolute atomic E-state index is 6.09. The molecule has 1 aliphatic heterocycles. The highest BCUT2D eigenvalue weighted by Gasteiger charge is 2.42. The van der Waals surface area contributed by atoms with Crippen LogP contribution < -0.4 is 0 Å². The van der Waals surface area contributed by atoms with Crippen molar-refractivity contribution in [3.63, 3.8) is 0 Å². The Balaban J connectivity index is 2.55. The lowest BCUT2D eigenvalue weighted by atomic mass is 10.2. The van der Waals surface area contributed by atoms with Crippen molar-refractivity contribution in [3.05, 3.63) is 23.6 Å². The summed E-state index contributed by atoms with van der Waals surface area (Å²) in [4.78, 5) is 0. The zero-order chi connectivity index (χ0) is 19.5. The van der Waals surface area contributed by atoms with Gasteiger partial charge >= 0.3 is 17.4 Å². The van der Waals surface area contributed by atoms with E-state index in [0.29, 0.717) is 50.7 Å². The summed E-state index contributed by atoms with van der Waals surface area (Å²) in [5.74, 6) is 1.40. The van der Waals surface area contributed by atoms with Gasteiger partial charge in [-0.3, -0.25) is 0 Å². The summed E-state index contributed by atoms with van der Waals surface area (Å²) in [7, 11) is -5.14.